The van der Waals surface area contributed by atoms with E-state index in [1.807, 2.05) is 6.07 Å². The van der Waals surface area contributed by atoms with Gasteiger partial charge in [0.15, 0.2) is 9.84 Å². The molecule has 1 aromatic rings. The van der Waals surface area contributed by atoms with Crippen LogP contribution in [-0.4, -0.2) is 69.7 Å². The highest BCUT2D eigenvalue weighted by Gasteiger charge is 2.47. The lowest BCUT2D eigenvalue weighted by atomic mass is 10.1. The molecule has 0 radical (unpaired) electrons. The summed E-state index contributed by atoms with van der Waals surface area (Å²) < 4.78 is 35.1. The predicted octanol–water partition coefficient (Wildman–Crippen LogP) is 0.658. The first-order valence-corrected chi connectivity index (χ1v) is 11.0. The standard InChI is InChI=1S/C18H21N5O8S/c1-6-30-17(24)14-15(23(25)26)16(22(29-4)18(20-14)32(5,27)28)31-12-8-7-11(10-19)13(9-12)21(2)3/h7-9,18H,6H2,1-5H3. The van der Waals surface area contributed by atoms with Crippen LogP contribution in [0.15, 0.2) is 34.8 Å². The van der Waals surface area contributed by atoms with Gasteiger partial charge in [0.2, 0.25) is 5.71 Å². The zero-order chi connectivity index (χ0) is 24.2. The molecule has 1 atom stereocenters. The maximum absolute atomic E-state index is 12.4. The van der Waals surface area contributed by atoms with Gasteiger partial charge in [-0.25, -0.2) is 18.2 Å². The summed E-state index contributed by atoms with van der Waals surface area (Å²) in [5.41, 5.74) is -2.89. The average Bonchev–Trinajstić information content (AvgIpc) is 2.71. The van der Waals surface area contributed by atoms with Crippen molar-refractivity contribution in [2.75, 3.05) is 39.0 Å². The number of nitro groups is 1. The number of benzene rings is 1. The van der Waals surface area contributed by atoms with Gasteiger partial charge in [0.05, 0.1) is 29.9 Å². The molecular formula is C18H21N5O8S. The van der Waals surface area contributed by atoms with Crippen molar-refractivity contribution < 1.29 is 32.4 Å². The normalized spacial score (nSPS) is 16.2. The molecule has 0 bridgehead atoms. The number of nitrogens with zero attached hydrogens (tertiary/aromatic N) is 5. The smallest absolute Gasteiger partial charge is 0.364 e. The number of esters is 1. The molecule has 1 unspecified atom stereocenters. The van der Waals surface area contributed by atoms with Crippen LogP contribution >= 0.6 is 0 Å². The van der Waals surface area contributed by atoms with Gasteiger partial charge in [0.1, 0.15) is 11.8 Å². The van der Waals surface area contributed by atoms with Crippen LogP contribution in [0.2, 0.25) is 0 Å². The third kappa shape index (κ3) is 4.95. The first kappa shape index (κ1) is 24.6. The van der Waals surface area contributed by atoms with Gasteiger partial charge in [0, 0.05) is 26.4 Å². The first-order valence-electron chi connectivity index (χ1n) is 9.01. The minimum absolute atomic E-state index is 0.0152. The fourth-order valence-electron chi connectivity index (χ4n) is 2.73. The number of rotatable bonds is 8. The monoisotopic (exact) mass is 467 g/mol. The lowest BCUT2D eigenvalue weighted by molar-refractivity contribution is -0.421. The number of hydrogen-bond donors (Lipinski definition) is 0. The van der Waals surface area contributed by atoms with Crippen LogP contribution in [0.25, 0.3) is 0 Å². The Morgan fingerprint density at radius 3 is 2.53 bits per heavy atom. The van der Waals surface area contributed by atoms with Gasteiger partial charge in [-0.2, -0.15) is 10.3 Å². The Kier molecular flexibility index (Phi) is 7.39. The molecule has 1 heterocycles. The van der Waals surface area contributed by atoms with Crippen LogP contribution in [-0.2, 0) is 24.2 Å². The highest BCUT2D eigenvalue weighted by atomic mass is 32.2. The zero-order valence-corrected chi connectivity index (χ0v) is 18.7. The summed E-state index contributed by atoms with van der Waals surface area (Å²) in [6, 6.07) is 6.20. The molecule has 172 valence electrons. The number of aliphatic imine (C=N–C) groups is 1. The zero-order valence-electron chi connectivity index (χ0n) is 17.9. The summed E-state index contributed by atoms with van der Waals surface area (Å²) in [6.45, 7) is 1.35. The summed E-state index contributed by atoms with van der Waals surface area (Å²) in [7, 11) is 0.357. The molecule has 0 spiro atoms. The molecule has 0 aliphatic carbocycles. The second-order valence-electron chi connectivity index (χ2n) is 6.56. The molecule has 0 saturated heterocycles. The number of nitriles is 1. The second-order valence-corrected chi connectivity index (χ2v) is 8.64. The summed E-state index contributed by atoms with van der Waals surface area (Å²) in [4.78, 5) is 33.7. The van der Waals surface area contributed by atoms with Crippen molar-refractivity contribution in [1.29, 1.82) is 5.26 Å². The van der Waals surface area contributed by atoms with Gasteiger partial charge in [-0.1, -0.05) is 0 Å². The molecular weight excluding hydrogens is 446 g/mol. The van der Waals surface area contributed by atoms with E-state index in [-0.39, 0.29) is 12.4 Å². The van der Waals surface area contributed by atoms with E-state index in [1.54, 1.807) is 19.0 Å². The average molecular weight is 467 g/mol. The van der Waals surface area contributed by atoms with Crippen molar-refractivity contribution in [2.24, 2.45) is 4.99 Å². The van der Waals surface area contributed by atoms with Crippen molar-refractivity contribution in [2.45, 2.75) is 12.4 Å². The van der Waals surface area contributed by atoms with E-state index >= 15 is 0 Å². The number of carbonyl (C=O) groups is 1. The lowest BCUT2D eigenvalue weighted by Crippen LogP contribution is -2.47. The van der Waals surface area contributed by atoms with Gasteiger partial charge in [-0.3, -0.25) is 15.0 Å². The van der Waals surface area contributed by atoms with Gasteiger partial charge in [0.25, 0.3) is 5.50 Å². The Balaban J connectivity index is 2.75. The molecule has 0 saturated carbocycles. The van der Waals surface area contributed by atoms with Crippen molar-refractivity contribution in [1.82, 2.24) is 5.06 Å². The molecule has 0 amide bonds. The largest absolute Gasteiger partial charge is 0.461 e. The van der Waals surface area contributed by atoms with E-state index in [2.05, 4.69) is 4.99 Å². The molecule has 2 rings (SSSR count). The fraction of sp³-hybridized carbons (Fsp3) is 0.389. The maximum Gasteiger partial charge on any atom is 0.364 e. The van der Waals surface area contributed by atoms with E-state index in [1.165, 1.54) is 25.1 Å². The third-order valence-electron chi connectivity index (χ3n) is 4.08. The molecule has 13 nitrogen and oxygen atoms in total. The molecule has 32 heavy (non-hydrogen) atoms. The first-order chi connectivity index (χ1) is 15.0. The maximum atomic E-state index is 12.4. The van der Waals surface area contributed by atoms with Gasteiger partial charge < -0.3 is 14.4 Å². The van der Waals surface area contributed by atoms with Crippen LogP contribution in [0, 0.1) is 21.4 Å². The Morgan fingerprint density at radius 2 is 2.06 bits per heavy atom. The second kappa shape index (κ2) is 9.62. The van der Waals surface area contributed by atoms with Gasteiger partial charge >= 0.3 is 17.5 Å². The summed E-state index contributed by atoms with van der Waals surface area (Å²) in [5, 5.41) is 21.7. The van der Waals surface area contributed by atoms with Crippen molar-refractivity contribution >= 4 is 27.2 Å². The molecule has 0 fully saturated rings. The Hall–Kier alpha value is -3.70. The van der Waals surface area contributed by atoms with Crippen molar-refractivity contribution in [3.05, 3.63) is 45.5 Å². The SMILES string of the molecule is CCOC(=O)C1=NC(S(C)(=O)=O)N(OC)C(Oc2ccc(C#N)c(N(C)C)c2)=C1[N+](=O)[O-]. The molecule has 1 aliphatic heterocycles. The number of carbonyl (C=O) groups excluding carboxylic acids is 1. The molecule has 1 aromatic carbocycles. The quantitative estimate of drug-likeness (QED) is 0.299. The molecule has 1 aliphatic rings. The number of hydroxylamine groups is 2. The highest BCUT2D eigenvalue weighted by Crippen LogP contribution is 2.31. The minimum Gasteiger partial charge on any atom is -0.461 e. The van der Waals surface area contributed by atoms with Crippen LogP contribution in [0.3, 0.4) is 0 Å². The Morgan fingerprint density at radius 1 is 1.41 bits per heavy atom. The number of sulfone groups is 1. The van der Waals surface area contributed by atoms with Crippen LogP contribution < -0.4 is 9.64 Å². The summed E-state index contributed by atoms with van der Waals surface area (Å²) in [6.07, 6.45) is 0.816. The van der Waals surface area contributed by atoms with Crippen LogP contribution in [0.1, 0.15) is 12.5 Å². The highest BCUT2D eigenvalue weighted by molar-refractivity contribution is 7.91. The molecule has 14 heteroatoms. The van der Waals surface area contributed by atoms with Crippen molar-refractivity contribution in [3.8, 4) is 11.8 Å². The minimum atomic E-state index is -4.06. The van der Waals surface area contributed by atoms with Gasteiger partial charge in [-0.05, 0) is 19.1 Å². The van der Waals surface area contributed by atoms with Gasteiger partial charge in [-0.15, -0.1) is 0 Å². The van der Waals surface area contributed by atoms with E-state index in [9.17, 15) is 28.6 Å². The van der Waals surface area contributed by atoms with E-state index < -0.39 is 43.5 Å². The predicted molar refractivity (Wildman–Crippen MR) is 112 cm³/mol. The topological polar surface area (TPSA) is 165 Å². The van der Waals surface area contributed by atoms with E-state index in [4.69, 9.17) is 14.3 Å². The third-order valence-corrected chi connectivity index (χ3v) is 5.15. The number of hydrogen-bond acceptors (Lipinski definition) is 12. The van der Waals surface area contributed by atoms with E-state index in [0.717, 1.165) is 13.4 Å². The number of ether oxygens (including phenoxy) is 2. The lowest BCUT2D eigenvalue weighted by Gasteiger charge is -2.31. The molecule has 0 aromatic heterocycles. The van der Waals surface area contributed by atoms with Crippen LogP contribution in [0.4, 0.5) is 5.69 Å². The Bertz CT molecular complexity index is 1140. The van der Waals surface area contributed by atoms with E-state index in [0.29, 0.717) is 16.3 Å². The summed E-state index contributed by atoms with van der Waals surface area (Å²) >= 11 is 0. The number of anilines is 1. The summed E-state index contributed by atoms with van der Waals surface area (Å²) in [5.74, 6) is -1.87. The fourth-order valence-corrected chi connectivity index (χ4v) is 3.56. The van der Waals surface area contributed by atoms with Crippen molar-refractivity contribution in [3.63, 3.8) is 0 Å². The Labute approximate surface area is 184 Å². The van der Waals surface area contributed by atoms with Crippen LogP contribution in [0.5, 0.6) is 5.75 Å². The molecule has 0 N–H and O–H groups in total.